The van der Waals surface area contributed by atoms with Crippen molar-refractivity contribution in [3.63, 3.8) is 0 Å². The van der Waals surface area contributed by atoms with Crippen LogP contribution in [0.25, 0.3) is 0 Å². The van der Waals surface area contributed by atoms with Crippen molar-refractivity contribution < 1.29 is 28.6 Å². The number of hydrogen-bond donors (Lipinski definition) is 1. The molecular weight excluding hydrogens is 242 g/mol. The van der Waals surface area contributed by atoms with Crippen LogP contribution >= 0.6 is 0 Å². The molecule has 1 heterocycles. The maximum Gasteiger partial charge on any atom is 0.350 e. The monoisotopic (exact) mass is 257 g/mol. The van der Waals surface area contributed by atoms with E-state index in [9.17, 15) is 14.4 Å². The lowest BCUT2D eigenvalue weighted by atomic mass is 10.2. The topological polar surface area (TPSA) is 90.9 Å². The molecule has 100 valence electrons. The Kier molecular flexibility index (Phi) is 3.95. The molecule has 1 N–H and O–H groups in total. The first-order valence-electron chi connectivity index (χ1n) is 5.27. The maximum atomic E-state index is 11.5. The predicted molar refractivity (Wildman–Crippen MR) is 59.0 cm³/mol. The highest BCUT2D eigenvalue weighted by Crippen LogP contribution is 2.21. The molecule has 0 aromatic rings. The molecule has 0 bridgehead atoms. The normalized spacial score (nSPS) is 19.4. The number of carbonyl (C=O) groups excluding carboxylic acids is 3. The molecule has 0 aromatic carbocycles. The molecule has 0 aliphatic carbocycles. The maximum absolute atomic E-state index is 11.5. The molecular formula is C11H15NO6. The van der Waals surface area contributed by atoms with Crippen LogP contribution in [0.5, 0.6) is 0 Å². The molecule has 1 aliphatic heterocycles. The summed E-state index contributed by atoms with van der Waals surface area (Å²) in [5.74, 6) is -3.41. The number of nitrogens with one attached hydrogen (secondary N) is 1. The van der Waals surface area contributed by atoms with Crippen LogP contribution in [0.2, 0.25) is 0 Å². The number of hydrogen-bond acceptors (Lipinski definition) is 7. The first kappa shape index (κ1) is 14.0. The van der Waals surface area contributed by atoms with Crippen molar-refractivity contribution >= 4 is 17.9 Å². The number of methoxy groups -OCH3 is 1. The zero-order valence-electron chi connectivity index (χ0n) is 10.6. The van der Waals surface area contributed by atoms with E-state index in [-0.39, 0.29) is 5.57 Å². The van der Waals surface area contributed by atoms with Crippen molar-refractivity contribution in [2.75, 3.05) is 7.11 Å². The molecule has 18 heavy (non-hydrogen) atoms. The highest BCUT2D eigenvalue weighted by molar-refractivity contribution is 6.15. The number of rotatable bonds is 3. The van der Waals surface area contributed by atoms with E-state index in [2.05, 4.69) is 10.1 Å². The van der Waals surface area contributed by atoms with E-state index in [4.69, 9.17) is 9.47 Å². The van der Waals surface area contributed by atoms with Gasteiger partial charge in [-0.15, -0.1) is 0 Å². The lowest BCUT2D eigenvalue weighted by Gasteiger charge is -2.29. The highest BCUT2D eigenvalue weighted by Gasteiger charge is 2.39. The van der Waals surface area contributed by atoms with Crippen LogP contribution in [0.4, 0.5) is 0 Å². The van der Waals surface area contributed by atoms with Gasteiger partial charge in [0, 0.05) is 20.0 Å². The second-order valence-corrected chi connectivity index (χ2v) is 4.15. The Morgan fingerprint density at radius 2 is 1.83 bits per heavy atom. The van der Waals surface area contributed by atoms with Gasteiger partial charge in [-0.25, -0.2) is 14.4 Å². The Morgan fingerprint density at radius 1 is 1.33 bits per heavy atom. The number of cyclic esters (lactones) is 2. The molecule has 1 saturated heterocycles. The third-order valence-electron chi connectivity index (χ3n) is 2.15. The van der Waals surface area contributed by atoms with E-state index >= 15 is 0 Å². The van der Waals surface area contributed by atoms with Gasteiger partial charge in [-0.1, -0.05) is 0 Å². The molecule has 0 amide bonds. The predicted octanol–water partition coefficient (Wildman–Crippen LogP) is -0.143. The second kappa shape index (κ2) is 5.07. The molecule has 0 aromatic heterocycles. The summed E-state index contributed by atoms with van der Waals surface area (Å²) in [6.45, 7) is 4.42. The van der Waals surface area contributed by atoms with Crippen LogP contribution < -0.4 is 5.32 Å². The fraction of sp³-hybridized carbons (Fsp3) is 0.545. The van der Waals surface area contributed by atoms with E-state index in [1.807, 2.05) is 0 Å². The third-order valence-corrected chi connectivity index (χ3v) is 2.15. The third kappa shape index (κ3) is 3.22. The van der Waals surface area contributed by atoms with Crippen LogP contribution in [0.1, 0.15) is 20.8 Å². The second-order valence-electron chi connectivity index (χ2n) is 4.15. The van der Waals surface area contributed by atoms with Crippen LogP contribution in [-0.4, -0.2) is 36.8 Å². The molecule has 0 spiro atoms. The smallest absolute Gasteiger partial charge is 0.350 e. The average molecular weight is 257 g/mol. The molecule has 1 fully saturated rings. The molecule has 0 radical (unpaired) electrons. The minimum atomic E-state index is -1.28. The quantitative estimate of drug-likeness (QED) is 0.427. The Morgan fingerprint density at radius 3 is 2.28 bits per heavy atom. The summed E-state index contributed by atoms with van der Waals surface area (Å²) in [6.07, 6.45) is 1.08. The Balaban J connectivity index is 2.75. The molecule has 1 unspecified atom stereocenters. The van der Waals surface area contributed by atoms with E-state index in [1.54, 1.807) is 0 Å². The lowest BCUT2D eigenvalue weighted by Crippen LogP contribution is -2.43. The van der Waals surface area contributed by atoms with Gasteiger partial charge in [-0.3, -0.25) is 0 Å². The molecule has 1 rings (SSSR count). The van der Waals surface area contributed by atoms with Crippen molar-refractivity contribution in [1.82, 2.24) is 5.32 Å². The summed E-state index contributed by atoms with van der Waals surface area (Å²) in [5.41, 5.74) is -0.301. The molecule has 7 nitrogen and oxygen atoms in total. The average Bonchev–Trinajstić information content (AvgIpc) is 2.24. The minimum Gasteiger partial charge on any atom is -0.467 e. The Bertz CT molecular complexity index is 390. The van der Waals surface area contributed by atoms with Crippen molar-refractivity contribution in [2.24, 2.45) is 0 Å². The first-order chi connectivity index (χ1) is 8.26. The summed E-state index contributed by atoms with van der Waals surface area (Å²) in [4.78, 5) is 34.2. The summed E-state index contributed by atoms with van der Waals surface area (Å²) in [6, 6.07) is -0.696. The summed E-state index contributed by atoms with van der Waals surface area (Å²) in [7, 11) is 1.24. The van der Waals surface area contributed by atoms with E-state index in [1.165, 1.54) is 27.9 Å². The van der Waals surface area contributed by atoms with Crippen LogP contribution in [0.3, 0.4) is 0 Å². The van der Waals surface area contributed by atoms with Gasteiger partial charge >= 0.3 is 17.9 Å². The number of esters is 3. The van der Waals surface area contributed by atoms with Crippen LogP contribution in [-0.2, 0) is 28.6 Å². The summed E-state index contributed by atoms with van der Waals surface area (Å²) < 4.78 is 14.2. The van der Waals surface area contributed by atoms with E-state index in [0.29, 0.717) is 0 Å². The molecule has 0 saturated carbocycles. The van der Waals surface area contributed by atoms with E-state index < -0.39 is 29.7 Å². The number of ether oxygens (including phenoxy) is 3. The van der Waals surface area contributed by atoms with Crippen LogP contribution in [0, 0.1) is 0 Å². The van der Waals surface area contributed by atoms with Crippen molar-refractivity contribution in [1.29, 1.82) is 0 Å². The van der Waals surface area contributed by atoms with Gasteiger partial charge in [0.25, 0.3) is 5.79 Å². The van der Waals surface area contributed by atoms with Crippen molar-refractivity contribution in [3.05, 3.63) is 11.8 Å². The molecule has 1 aliphatic rings. The lowest BCUT2D eigenvalue weighted by molar-refractivity contribution is -0.222. The number of carbonyl (C=O) groups is 3. The Hall–Kier alpha value is -2.05. The molecule has 1 atom stereocenters. The van der Waals surface area contributed by atoms with Crippen molar-refractivity contribution in [3.8, 4) is 0 Å². The van der Waals surface area contributed by atoms with Crippen molar-refractivity contribution in [2.45, 2.75) is 32.6 Å². The van der Waals surface area contributed by atoms with Gasteiger partial charge in [-0.2, -0.15) is 0 Å². The largest absolute Gasteiger partial charge is 0.467 e. The van der Waals surface area contributed by atoms with Gasteiger partial charge in [0.1, 0.15) is 6.04 Å². The Labute approximate surface area is 104 Å². The fourth-order valence-electron chi connectivity index (χ4n) is 1.23. The fourth-order valence-corrected chi connectivity index (χ4v) is 1.23. The highest BCUT2D eigenvalue weighted by atomic mass is 16.7. The van der Waals surface area contributed by atoms with Gasteiger partial charge in [0.15, 0.2) is 5.57 Å². The first-order valence-corrected chi connectivity index (χ1v) is 5.27. The van der Waals surface area contributed by atoms with Gasteiger partial charge in [-0.05, 0) is 6.92 Å². The standard InChI is InChI=1S/C11H15NO6/c1-6(8(13)16-4)12-5-7-9(14)17-11(2,3)18-10(7)15/h5-6,12H,1-4H3. The van der Waals surface area contributed by atoms with Crippen LogP contribution in [0.15, 0.2) is 11.8 Å². The van der Waals surface area contributed by atoms with Gasteiger partial charge in [0.05, 0.1) is 7.11 Å². The summed E-state index contributed by atoms with van der Waals surface area (Å²) in [5, 5.41) is 2.55. The minimum absolute atomic E-state index is 0.301. The molecule has 7 heteroatoms. The van der Waals surface area contributed by atoms with E-state index in [0.717, 1.165) is 6.20 Å². The zero-order chi connectivity index (χ0) is 13.9. The van der Waals surface area contributed by atoms with Gasteiger partial charge in [0.2, 0.25) is 0 Å². The summed E-state index contributed by atoms with van der Waals surface area (Å²) >= 11 is 0. The zero-order valence-corrected chi connectivity index (χ0v) is 10.6. The van der Waals surface area contributed by atoms with Gasteiger partial charge < -0.3 is 19.5 Å². The SMILES string of the molecule is COC(=O)C(C)NC=C1C(=O)OC(C)(C)OC1=O.